The van der Waals surface area contributed by atoms with Gasteiger partial charge in [0, 0.05) is 11.5 Å². The standard InChI is InChI=1S/C25H26F6N2O2.C2H6N2/c1-3-4-6-16(2)23-32-22(33-35-23)18-10-13-21(20(15-18)25(29,30)31)34-14-5-7-17-8-11-19(12-9-17)24(26,27)28;1-2(3)4/h8-13,15-16H,3-7,14H2,1-2H3;1H3,(H3,3,4)/t16-;/m0./s1. The van der Waals surface area contributed by atoms with E-state index in [9.17, 15) is 26.3 Å². The van der Waals surface area contributed by atoms with Crippen LogP contribution in [0.5, 0.6) is 5.75 Å². The molecule has 1 atom stereocenters. The molecule has 0 unspecified atom stereocenters. The van der Waals surface area contributed by atoms with E-state index >= 15 is 0 Å². The Labute approximate surface area is 223 Å². The van der Waals surface area contributed by atoms with Crippen molar-refractivity contribution in [1.82, 2.24) is 10.1 Å². The molecular formula is C27H32F6N4O2. The van der Waals surface area contributed by atoms with Gasteiger partial charge < -0.3 is 15.0 Å². The normalized spacial score (nSPS) is 12.4. The van der Waals surface area contributed by atoms with E-state index in [2.05, 4.69) is 17.1 Å². The van der Waals surface area contributed by atoms with Crippen LogP contribution >= 0.6 is 0 Å². The zero-order valence-corrected chi connectivity index (χ0v) is 21.9. The van der Waals surface area contributed by atoms with Gasteiger partial charge in [-0.25, -0.2) is 0 Å². The van der Waals surface area contributed by atoms with Crippen LogP contribution in [0.1, 0.15) is 75.0 Å². The highest BCUT2D eigenvalue weighted by molar-refractivity contribution is 5.73. The number of amidine groups is 1. The zero-order chi connectivity index (χ0) is 29.2. The predicted octanol–water partition coefficient (Wildman–Crippen LogP) is 8.02. The van der Waals surface area contributed by atoms with Gasteiger partial charge in [0.15, 0.2) is 0 Å². The Kier molecular flexibility index (Phi) is 11.4. The Bertz CT molecular complexity index is 1190. The van der Waals surface area contributed by atoms with Crippen molar-refractivity contribution in [1.29, 1.82) is 5.41 Å². The number of rotatable bonds is 10. The van der Waals surface area contributed by atoms with Crippen molar-refractivity contribution >= 4 is 5.84 Å². The second-order valence-corrected chi connectivity index (χ2v) is 9.04. The molecule has 0 saturated carbocycles. The number of benzene rings is 2. The summed E-state index contributed by atoms with van der Waals surface area (Å²) < 4.78 is 89.6. The lowest BCUT2D eigenvalue weighted by Gasteiger charge is -2.15. The topological polar surface area (TPSA) is 98.0 Å². The number of nitrogens with one attached hydrogen (secondary N) is 1. The van der Waals surface area contributed by atoms with E-state index < -0.39 is 23.5 Å². The molecule has 2 aromatic carbocycles. The van der Waals surface area contributed by atoms with Crippen LogP contribution in [-0.2, 0) is 18.8 Å². The minimum Gasteiger partial charge on any atom is -0.493 e. The third-order valence-corrected chi connectivity index (χ3v) is 5.55. The van der Waals surface area contributed by atoms with E-state index in [0.717, 1.165) is 37.5 Å². The molecule has 3 aromatic rings. The van der Waals surface area contributed by atoms with Crippen molar-refractivity contribution in [3.8, 4) is 17.1 Å². The summed E-state index contributed by atoms with van der Waals surface area (Å²) in [4.78, 5) is 4.26. The Morgan fingerprint density at radius 1 is 1.03 bits per heavy atom. The van der Waals surface area contributed by atoms with Crippen LogP contribution in [0.25, 0.3) is 11.4 Å². The molecule has 12 heteroatoms. The van der Waals surface area contributed by atoms with Crippen LogP contribution in [0, 0.1) is 5.41 Å². The van der Waals surface area contributed by atoms with Crippen molar-refractivity contribution in [3.63, 3.8) is 0 Å². The Hall–Kier alpha value is -3.57. The number of ether oxygens (including phenoxy) is 1. The summed E-state index contributed by atoms with van der Waals surface area (Å²) in [6, 6.07) is 8.23. The fraction of sp³-hybridized carbons (Fsp3) is 0.444. The first kappa shape index (κ1) is 31.6. The number of hydrogen-bond acceptors (Lipinski definition) is 5. The van der Waals surface area contributed by atoms with E-state index in [4.69, 9.17) is 20.4 Å². The molecule has 1 aromatic heterocycles. The number of hydrogen-bond donors (Lipinski definition) is 2. The first-order valence-electron chi connectivity index (χ1n) is 12.4. The highest BCUT2D eigenvalue weighted by atomic mass is 19.4. The third kappa shape index (κ3) is 10.3. The molecular weight excluding hydrogens is 526 g/mol. The summed E-state index contributed by atoms with van der Waals surface area (Å²) in [7, 11) is 0. The number of alkyl halides is 6. The first-order valence-corrected chi connectivity index (χ1v) is 12.4. The average Bonchev–Trinajstić information content (AvgIpc) is 3.34. The van der Waals surface area contributed by atoms with Crippen LogP contribution < -0.4 is 10.5 Å². The number of halogens is 6. The predicted molar refractivity (Wildman–Crippen MR) is 136 cm³/mol. The molecule has 3 rings (SSSR count). The molecule has 0 aliphatic rings. The van der Waals surface area contributed by atoms with Crippen molar-refractivity contribution in [3.05, 3.63) is 65.0 Å². The average molecular weight is 559 g/mol. The van der Waals surface area contributed by atoms with Gasteiger partial charge in [-0.3, -0.25) is 5.41 Å². The van der Waals surface area contributed by atoms with Crippen LogP contribution in [-0.4, -0.2) is 22.6 Å². The second kappa shape index (κ2) is 14.0. The van der Waals surface area contributed by atoms with E-state index in [1.54, 1.807) is 0 Å². The lowest BCUT2D eigenvalue weighted by atomic mass is 10.0. The van der Waals surface area contributed by atoms with Crippen LogP contribution in [0.3, 0.4) is 0 Å². The van der Waals surface area contributed by atoms with Crippen molar-refractivity contribution in [2.45, 2.75) is 71.1 Å². The molecule has 0 fully saturated rings. The molecule has 0 aliphatic carbocycles. The summed E-state index contributed by atoms with van der Waals surface area (Å²) in [6.07, 6.45) is -5.58. The van der Waals surface area contributed by atoms with Gasteiger partial charge >= 0.3 is 12.4 Å². The minimum atomic E-state index is -4.67. The summed E-state index contributed by atoms with van der Waals surface area (Å²) in [5, 5.41) is 10.1. The fourth-order valence-electron chi connectivity index (χ4n) is 3.52. The lowest BCUT2D eigenvalue weighted by molar-refractivity contribution is -0.139. The smallest absolute Gasteiger partial charge is 0.419 e. The largest absolute Gasteiger partial charge is 0.493 e. The van der Waals surface area contributed by atoms with Gasteiger partial charge in [-0.1, -0.05) is 44.0 Å². The van der Waals surface area contributed by atoms with Crippen LogP contribution in [0.4, 0.5) is 26.3 Å². The summed E-state index contributed by atoms with van der Waals surface area (Å²) >= 11 is 0. The number of nitrogens with two attached hydrogens (primary N) is 1. The van der Waals surface area contributed by atoms with E-state index in [-0.39, 0.29) is 35.5 Å². The molecule has 1 heterocycles. The van der Waals surface area contributed by atoms with E-state index in [1.807, 2.05) is 6.92 Å². The molecule has 39 heavy (non-hydrogen) atoms. The molecule has 214 valence electrons. The number of unbranched alkanes of at least 4 members (excludes halogenated alkanes) is 1. The van der Waals surface area contributed by atoms with Gasteiger partial charge in [-0.15, -0.1) is 0 Å². The number of nitrogens with zero attached hydrogens (tertiary/aromatic N) is 2. The third-order valence-electron chi connectivity index (χ3n) is 5.55. The van der Waals surface area contributed by atoms with Gasteiger partial charge in [0.05, 0.1) is 23.6 Å². The Morgan fingerprint density at radius 3 is 2.23 bits per heavy atom. The van der Waals surface area contributed by atoms with E-state index in [1.165, 1.54) is 31.2 Å². The SMILES string of the molecule is CC(=N)N.CCCC[C@H](C)c1nc(-c2ccc(OCCCc3ccc(C(F)(F)F)cc3)c(C(F)(F)F)c2)no1. The number of aryl methyl sites for hydroxylation is 1. The molecule has 0 radical (unpaired) electrons. The van der Waals surface area contributed by atoms with E-state index in [0.29, 0.717) is 24.3 Å². The van der Waals surface area contributed by atoms with Gasteiger partial charge in [0.1, 0.15) is 5.75 Å². The van der Waals surface area contributed by atoms with Crippen LogP contribution in [0.15, 0.2) is 47.0 Å². The maximum Gasteiger partial charge on any atom is 0.419 e. The van der Waals surface area contributed by atoms with Gasteiger partial charge in [-0.2, -0.15) is 31.3 Å². The molecule has 0 amide bonds. The van der Waals surface area contributed by atoms with Gasteiger partial charge in [-0.05, 0) is 62.1 Å². The molecule has 0 bridgehead atoms. The first-order chi connectivity index (χ1) is 18.2. The molecule has 0 saturated heterocycles. The van der Waals surface area contributed by atoms with Gasteiger partial charge in [0.25, 0.3) is 0 Å². The minimum absolute atomic E-state index is 0.00515. The quantitative estimate of drug-likeness (QED) is 0.114. The highest BCUT2D eigenvalue weighted by Crippen LogP contribution is 2.39. The van der Waals surface area contributed by atoms with Crippen molar-refractivity contribution < 1.29 is 35.6 Å². The Morgan fingerprint density at radius 2 is 1.67 bits per heavy atom. The second-order valence-electron chi connectivity index (χ2n) is 9.04. The lowest BCUT2D eigenvalue weighted by Crippen LogP contribution is -2.10. The zero-order valence-electron chi connectivity index (χ0n) is 21.9. The maximum absolute atomic E-state index is 13.7. The monoisotopic (exact) mass is 558 g/mol. The molecule has 6 nitrogen and oxygen atoms in total. The fourth-order valence-corrected chi connectivity index (χ4v) is 3.52. The Balaban J connectivity index is 0.00000124. The highest BCUT2D eigenvalue weighted by Gasteiger charge is 2.35. The summed E-state index contributed by atoms with van der Waals surface area (Å²) in [5.74, 6) is 0.285. The number of aromatic nitrogens is 2. The van der Waals surface area contributed by atoms with Crippen molar-refractivity contribution in [2.75, 3.05) is 6.61 Å². The van der Waals surface area contributed by atoms with Gasteiger partial charge in [0.2, 0.25) is 11.7 Å². The van der Waals surface area contributed by atoms with Crippen LogP contribution in [0.2, 0.25) is 0 Å². The molecule has 0 spiro atoms. The molecule has 0 aliphatic heterocycles. The maximum atomic E-state index is 13.7. The van der Waals surface area contributed by atoms with Crippen molar-refractivity contribution in [2.24, 2.45) is 5.73 Å². The summed E-state index contributed by atoms with van der Waals surface area (Å²) in [5.41, 5.74) is 3.77. The molecule has 3 N–H and O–H groups in total. The summed E-state index contributed by atoms with van der Waals surface area (Å²) in [6.45, 7) is 5.48.